The first-order chi connectivity index (χ1) is 8.01. The largest absolute Gasteiger partial charge is 0.467 e. The van der Waals surface area contributed by atoms with Crippen LogP contribution in [0.4, 0.5) is 0 Å². The Balaban J connectivity index is 2.83. The number of thiophene rings is 1. The van der Waals surface area contributed by atoms with Gasteiger partial charge in [0, 0.05) is 4.88 Å². The van der Waals surface area contributed by atoms with Crippen LogP contribution in [-0.4, -0.2) is 42.5 Å². The molecule has 0 aromatic carbocycles. The van der Waals surface area contributed by atoms with E-state index in [-0.39, 0.29) is 9.75 Å². The van der Waals surface area contributed by atoms with Gasteiger partial charge in [-0.15, -0.1) is 11.3 Å². The molecule has 0 saturated heterocycles. The molecule has 7 heteroatoms. The number of carbonyl (C=O) groups excluding carboxylic acids is 2. The molecule has 0 fully saturated rings. The van der Waals surface area contributed by atoms with Crippen molar-refractivity contribution in [1.82, 2.24) is 0 Å². The maximum atomic E-state index is 11.2. The van der Waals surface area contributed by atoms with E-state index in [2.05, 4.69) is 9.47 Å². The lowest BCUT2D eigenvalue weighted by molar-refractivity contribution is -0.156. The first-order valence-electron chi connectivity index (χ1n) is 4.63. The Hall–Kier alpha value is -1.44. The lowest BCUT2D eigenvalue weighted by Gasteiger charge is -2.13. The fourth-order valence-electron chi connectivity index (χ4n) is 1.13. The second-order valence-electron chi connectivity index (χ2n) is 3.11. The number of rotatable bonds is 4. The van der Waals surface area contributed by atoms with E-state index in [1.165, 1.54) is 19.2 Å². The van der Waals surface area contributed by atoms with Crippen LogP contribution >= 0.6 is 11.3 Å². The molecule has 1 aromatic heterocycles. The Labute approximate surface area is 101 Å². The van der Waals surface area contributed by atoms with Gasteiger partial charge < -0.3 is 19.7 Å². The van der Waals surface area contributed by atoms with Gasteiger partial charge in [-0.1, -0.05) is 0 Å². The Bertz CT molecular complexity index is 413. The third-order valence-electron chi connectivity index (χ3n) is 2.05. The van der Waals surface area contributed by atoms with Crippen LogP contribution in [-0.2, 0) is 14.3 Å². The summed E-state index contributed by atoms with van der Waals surface area (Å²) < 4.78 is 8.79. The summed E-state index contributed by atoms with van der Waals surface area (Å²) in [6.07, 6.45) is -3.10. The van der Waals surface area contributed by atoms with Gasteiger partial charge in [-0.05, 0) is 12.1 Å². The summed E-state index contributed by atoms with van der Waals surface area (Å²) in [6.45, 7) is 0. The number of aliphatic hydroxyl groups is 2. The standard InChI is InChI=1S/C10H12O6S/c1-15-9(13)6-4-3-5(17-6)7(11)8(12)10(14)16-2/h3-4,7-8,11-12H,1-2H3. The van der Waals surface area contributed by atoms with Crippen LogP contribution in [0, 0.1) is 0 Å². The summed E-state index contributed by atoms with van der Waals surface area (Å²) in [5.41, 5.74) is 0. The minimum atomic E-state index is -1.68. The van der Waals surface area contributed by atoms with Crippen LogP contribution in [0.1, 0.15) is 20.7 Å². The number of hydrogen-bond acceptors (Lipinski definition) is 7. The van der Waals surface area contributed by atoms with E-state index < -0.39 is 24.1 Å². The third-order valence-corrected chi connectivity index (χ3v) is 3.18. The second-order valence-corrected chi connectivity index (χ2v) is 4.22. The summed E-state index contributed by atoms with van der Waals surface area (Å²) in [5, 5.41) is 19.1. The minimum Gasteiger partial charge on any atom is -0.467 e. The van der Waals surface area contributed by atoms with Crippen molar-refractivity contribution in [1.29, 1.82) is 0 Å². The van der Waals surface area contributed by atoms with Gasteiger partial charge in [-0.25, -0.2) is 9.59 Å². The van der Waals surface area contributed by atoms with Crippen molar-refractivity contribution in [2.45, 2.75) is 12.2 Å². The predicted octanol–water partition coefficient (Wildman–Crippen LogP) is 0.102. The van der Waals surface area contributed by atoms with Crippen molar-refractivity contribution < 1.29 is 29.3 Å². The zero-order chi connectivity index (χ0) is 13.0. The number of aliphatic hydroxyl groups excluding tert-OH is 2. The fraction of sp³-hybridized carbons (Fsp3) is 0.400. The molecule has 17 heavy (non-hydrogen) atoms. The Morgan fingerprint density at radius 2 is 1.88 bits per heavy atom. The minimum absolute atomic E-state index is 0.276. The van der Waals surface area contributed by atoms with Crippen molar-refractivity contribution in [2.24, 2.45) is 0 Å². The average molecular weight is 260 g/mol. The van der Waals surface area contributed by atoms with Gasteiger partial charge in [0.05, 0.1) is 14.2 Å². The van der Waals surface area contributed by atoms with Crippen molar-refractivity contribution in [3.8, 4) is 0 Å². The van der Waals surface area contributed by atoms with Gasteiger partial charge in [-0.2, -0.15) is 0 Å². The zero-order valence-electron chi connectivity index (χ0n) is 9.25. The van der Waals surface area contributed by atoms with E-state index in [4.69, 9.17) is 0 Å². The van der Waals surface area contributed by atoms with Crippen molar-refractivity contribution >= 4 is 23.3 Å². The molecule has 0 radical (unpaired) electrons. The molecule has 0 spiro atoms. The molecule has 0 aliphatic carbocycles. The monoisotopic (exact) mass is 260 g/mol. The van der Waals surface area contributed by atoms with Crippen molar-refractivity contribution in [2.75, 3.05) is 14.2 Å². The molecule has 0 amide bonds. The zero-order valence-corrected chi connectivity index (χ0v) is 10.1. The van der Waals surface area contributed by atoms with Crippen LogP contribution in [0.15, 0.2) is 12.1 Å². The van der Waals surface area contributed by atoms with E-state index in [1.807, 2.05) is 0 Å². The van der Waals surface area contributed by atoms with Gasteiger partial charge in [0.25, 0.3) is 0 Å². The lowest BCUT2D eigenvalue weighted by Crippen LogP contribution is -2.28. The molecule has 0 saturated carbocycles. The topological polar surface area (TPSA) is 93.1 Å². The molecule has 0 bridgehead atoms. The van der Waals surface area contributed by atoms with Gasteiger partial charge in [0.15, 0.2) is 6.10 Å². The molecule has 1 heterocycles. The number of ether oxygens (including phenoxy) is 2. The molecular weight excluding hydrogens is 248 g/mol. The highest BCUT2D eigenvalue weighted by Crippen LogP contribution is 2.26. The van der Waals surface area contributed by atoms with E-state index in [0.29, 0.717) is 0 Å². The first-order valence-corrected chi connectivity index (χ1v) is 5.45. The van der Waals surface area contributed by atoms with Crippen LogP contribution in [0.2, 0.25) is 0 Å². The summed E-state index contributed by atoms with van der Waals surface area (Å²) in [5.74, 6) is -1.48. The van der Waals surface area contributed by atoms with Gasteiger partial charge in [-0.3, -0.25) is 0 Å². The van der Waals surface area contributed by atoms with E-state index in [1.54, 1.807) is 0 Å². The van der Waals surface area contributed by atoms with Gasteiger partial charge in [0.2, 0.25) is 0 Å². The van der Waals surface area contributed by atoms with Gasteiger partial charge >= 0.3 is 11.9 Å². The quantitative estimate of drug-likeness (QED) is 0.746. The summed E-state index contributed by atoms with van der Waals surface area (Å²) in [4.78, 5) is 22.7. The Kier molecular flexibility index (Phi) is 4.62. The van der Waals surface area contributed by atoms with E-state index in [9.17, 15) is 19.8 Å². The molecule has 1 aromatic rings. The van der Waals surface area contributed by atoms with Crippen molar-refractivity contribution in [3.05, 3.63) is 21.9 Å². The van der Waals surface area contributed by atoms with Crippen LogP contribution in [0.3, 0.4) is 0 Å². The molecule has 94 valence electrons. The fourth-order valence-corrected chi connectivity index (χ4v) is 2.07. The Morgan fingerprint density at radius 3 is 2.41 bits per heavy atom. The lowest BCUT2D eigenvalue weighted by atomic mass is 10.2. The molecule has 0 aliphatic rings. The summed E-state index contributed by atoms with van der Waals surface area (Å²) in [6, 6.07) is 2.88. The SMILES string of the molecule is COC(=O)c1ccc(C(O)C(O)C(=O)OC)s1. The molecular formula is C10H12O6S. The number of hydrogen-bond donors (Lipinski definition) is 2. The molecule has 2 N–H and O–H groups in total. The summed E-state index contributed by atoms with van der Waals surface area (Å²) in [7, 11) is 2.34. The number of esters is 2. The molecule has 2 atom stereocenters. The molecule has 2 unspecified atom stereocenters. The third kappa shape index (κ3) is 3.02. The highest BCUT2D eigenvalue weighted by atomic mass is 32.1. The second kappa shape index (κ2) is 5.76. The van der Waals surface area contributed by atoms with Crippen LogP contribution in [0.25, 0.3) is 0 Å². The predicted molar refractivity (Wildman–Crippen MR) is 58.6 cm³/mol. The molecule has 0 aliphatic heterocycles. The van der Waals surface area contributed by atoms with Crippen LogP contribution in [0.5, 0.6) is 0 Å². The maximum Gasteiger partial charge on any atom is 0.348 e. The Morgan fingerprint density at radius 1 is 1.24 bits per heavy atom. The van der Waals surface area contributed by atoms with Crippen molar-refractivity contribution in [3.63, 3.8) is 0 Å². The first kappa shape index (κ1) is 13.6. The van der Waals surface area contributed by atoms with Crippen LogP contribution < -0.4 is 0 Å². The molecule has 6 nitrogen and oxygen atoms in total. The maximum absolute atomic E-state index is 11.2. The summed E-state index contributed by atoms with van der Waals surface area (Å²) >= 11 is 0.938. The number of carbonyl (C=O) groups is 2. The molecule has 1 rings (SSSR count). The van der Waals surface area contributed by atoms with E-state index in [0.717, 1.165) is 18.4 Å². The highest BCUT2D eigenvalue weighted by molar-refractivity contribution is 7.14. The van der Waals surface area contributed by atoms with E-state index >= 15 is 0 Å². The van der Waals surface area contributed by atoms with Gasteiger partial charge in [0.1, 0.15) is 11.0 Å². The normalized spacial score (nSPS) is 13.9. The number of methoxy groups -OCH3 is 2. The highest BCUT2D eigenvalue weighted by Gasteiger charge is 2.28. The average Bonchev–Trinajstić information content (AvgIpc) is 2.84. The smallest absolute Gasteiger partial charge is 0.348 e.